The topological polar surface area (TPSA) is 163 Å². The Morgan fingerprint density at radius 3 is 2.42 bits per heavy atom. The van der Waals surface area contributed by atoms with Gasteiger partial charge in [0.1, 0.15) is 30.5 Å². The zero-order chi connectivity index (χ0) is 27.8. The van der Waals surface area contributed by atoms with Crippen molar-refractivity contribution >= 4 is 11.9 Å². The summed E-state index contributed by atoms with van der Waals surface area (Å²) in [6, 6.07) is 0. The molecule has 5 fully saturated rings. The van der Waals surface area contributed by atoms with E-state index in [9.17, 15) is 35.1 Å². The van der Waals surface area contributed by atoms with Gasteiger partial charge >= 0.3 is 11.9 Å². The second-order valence-electron chi connectivity index (χ2n) is 13.0. The first kappa shape index (κ1) is 28.0. The van der Waals surface area contributed by atoms with Crippen molar-refractivity contribution in [1.29, 1.82) is 0 Å². The summed E-state index contributed by atoms with van der Waals surface area (Å²) >= 11 is 0. The smallest absolute Gasteiger partial charge is 0.314 e. The Morgan fingerprint density at radius 1 is 1.05 bits per heavy atom. The first-order chi connectivity index (χ1) is 17.8. The summed E-state index contributed by atoms with van der Waals surface area (Å²) < 4.78 is 17.0. The van der Waals surface area contributed by atoms with Gasteiger partial charge in [0.05, 0.1) is 18.1 Å². The van der Waals surface area contributed by atoms with Crippen molar-refractivity contribution in [2.24, 2.45) is 34.0 Å². The van der Waals surface area contributed by atoms with Crippen LogP contribution >= 0.6 is 0 Å². The van der Waals surface area contributed by atoms with Gasteiger partial charge in [-0.25, -0.2) is 0 Å². The Labute approximate surface area is 223 Å². The number of rotatable bonds is 4. The van der Waals surface area contributed by atoms with E-state index in [0.29, 0.717) is 25.7 Å². The molecular weight excluding hydrogens is 496 g/mol. The van der Waals surface area contributed by atoms with Crippen LogP contribution in [0.15, 0.2) is 12.2 Å². The lowest BCUT2D eigenvalue weighted by Crippen LogP contribution is -2.64. The minimum absolute atomic E-state index is 0.0943. The van der Waals surface area contributed by atoms with Crippen molar-refractivity contribution in [2.75, 3.05) is 6.61 Å². The van der Waals surface area contributed by atoms with E-state index in [-0.39, 0.29) is 23.7 Å². The van der Waals surface area contributed by atoms with Gasteiger partial charge in [-0.2, -0.15) is 0 Å². The lowest BCUT2D eigenvalue weighted by molar-refractivity contribution is -0.298. The van der Waals surface area contributed by atoms with Crippen molar-refractivity contribution in [2.45, 2.75) is 109 Å². The van der Waals surface area contributed by atoms with Crippen LogP contribution in [-0.4, -0.2) is 87.0 Å². The molecule has 1 saturated heterocycles. The second-order valence-corrected chi connectivity index (χ2v) is 13.0. The molecule has 5 rings (SSSR count). The van der Waals surface area contributed by atoms with Gasteiger partial charge in [0.25, 0.3) is 0 Å². The van der Waals surface area contributed by atoms with Gasteiger partial charge < -0.3 is 39.7 Å². The number of aliphatic hydroxyl groups excluding tert-OH is 5. The van der Waals surface area contributed by atoms with Crippen molar-refractivity contribution in [3.05, 3.63) is 12.2 Å². The largest absolute Gasteiger partial charge is 0.457 e. The minimum Gasteiger partial charge on any atom is -0.457 e. The quantitative estimate of drug-likeness (QED) is 0.256. The minimum atomic E-state index is -1.67. The first-order valence-electron chi connectivity index (χ1n) is 13.9. The molecule has 2 bridgehead atoms. The molecule has 0 aromatic rings. The first-order valence-corrected chi connectivity index (χ1v) is 13.9. The van der Waals surface area contributed by atoms with Crippen LogP contribution in [0, 0.1) is 34.0 Å². The van der Waals surface area contributed by atoms with Gasteiger partial charge in [-0.05, 0) is 68.3 Å². The predicted octanol–water partition coefficient (Wildman–Crippen LogP) is 0.811. The van der Waals surface area contributed by atoms with Gasteiger partial charge in [-0.15, -0.1) is 0 Å². The van der Waals surface area contributed by atoms with Crippen LogP contribution < -0.4 is 0 Å². The van der Waals surface area contributed by atoms with Crippen molar-refractivity contribution < 1.29 is 49.3 Å². The molecule has 0 unspecified atom stereocenters. The number of ether oxygens (including phenoxy) is 3. The zero-order valence-electron chi connectivity index (χ0n) is 22.4. The molecule has 1 aliphatic heterocycles. The standard InChI is InChI=1S/C28H42O10/c1-13-15-10-16(31)22-26(3)7-5-8-27(4,18(26)6-9-28(22,11-15)23(13)36-14(2)30)25(35)38-24-21(34)20(33)19(32)17(12-29)37-24/h15-24,29,31-34H,1,5-12H2,2-4H3/t15-,16+,17-,18+,19-,20+,21-,22+,23-,24+,26-,27-,28-/m1/s1. The van der Waals surface area contributed by atoms with Crippen LogP contribution in [0.3, 0.4) is 0 Å². The van der Waals surface area contributed by atoms with E-state index >= 15 is 0 Å². The third kappa shape index (κ3) is 3.89. The monoisotopic (exact) mass is 538 g/mol. The van der Waals surface area contributed by atoms with Crippen LogP contribution in [0.5, 0.6) is 0 Å². The maximum Gasteiger partial charge on any atom is 0.314 e. The fourth-order valence-corrected chi connectivity index (χ4v) is 9.46. The summed E-state index contributed by atoms with van der Waals surface area (Å²) in [6.07, 6.45) is -3.90. The molecule has 4 aliphatic carbocycles. The number of hydrogen-bond acceptors (Lipinski definition) is 10. The van der Waals surface area contributed by atoms with Crippen LogP contribution in [-0.2, 0) is 23.8 Å². The lowest BCUT2D eigenvalue weighted by atomic mass is 9.40. The molecule has 1 heterocycles. The molecule has 214 valence electrons. The van der Waals surface area contributed by atoms with E-state index in [1.54, 1.807) is 0 Å². The normalized spacial score (nSPS) is 52.1. The third-order valence-electron chi connectivity index (χ3n) is 10.9. The van der Waals surface area contributed by atoms with E-state index in [1.165, 1.54) is 6.92 Å². The van der Waals surface area contributed by atoms with Gasteiger partial charge in [-0.3, -0.25) is 9.59 Å². The summed E-state index contributed by atoms with van der Waals surface area (Å²) in [6.45, 7) is 9.05. The molecule has 5 aliphatic rings. The van der Waals surface area contributed by atoms with E-state index in [1.807, 2.05) is 6.92 Å². The van der Waals surface area contributed by atoms with Crippen LogP contribution in [0.4, 0.5) is 0 Å². The zero-order valence-corrected chi connectivity index (χ0v) is 22.4. The SMILES string of the molecule is C=C1[C@@H]2C[C@H](O)[C@H]3[C@]4(C)CCC[C@@](C)(C(=O)O[C@@H]5O[C@H](CO)[C@@H](O)[C@H](O)[C@H]5O)[C@H]4CC[C@]3(C2)[C@@H]1OC(C)=O. The Bertz CT molecular complexity index is 983. The maximum absolute atomic E-state index is 13.8. The van der Waals surface area contributed by atoms with Gasteiger partial charge in [0.15, 0.2) is 0 Å². The Kier molecular flexibility index (Phi) is 7.01. The summed E-state index contributed by atoms with van der Waals surface area (Å²) in [5.74, 6) is -1.21. The van der Waals surface area contributed by atoms with E-state index in [4.69, 9.17) is 14.2 Å². The highest BCUT2D eigenvalue weighted by atomic mass is 16.7. The maximum atomic E-state index is 13.8. The molecule has 5 N–H and O–H groups in total. The lowest BCUT2D eigenvalue weighted by Gasteiger charge is -2.64. The number of aliphatic hydroxyl groups is 5. The molecule has 10 heteroatoms. The van der Waals surface area contributed by atoms with Crippen LogP contribution in [0.25, 0.3) is 0 Å². The number of carbonyl (C=O) groups excluding carboxylic acids is 2. The molecule has 1 spiro atoms. The van der Waals surface area contributed by atoms with Crippen LogP contribution in [0.2, 0.25) is 0 Å². The average molecular weight is 539 g/mol. The fourth-order valence-electron chi connectivity index (χ4n) is 9.46. The predicted molar refractivity (Wildman–Crippen MR) is 132 cm³/mol. The summed E-state index contributed by atoms with van der Waals surface area (Å²) in [4.78, 5) is 25.9. The highest BCUT2D eigenvalue weighted by molar-refractivity contribution is 5.77. The molecule has 0 radical (unpaired) electrons. The number of fused-ring (bicyclic) bond motifs is 3. The third-order valence-corrected chi connectivity index (χ3v) is 10.9. The summed E-state index contributed by atoms with van der Waals surface area (Å²) in [7, 11) is 0. The van der Waals surface area contributed by atoms with E-state index in [0.717, 1.165) is 24.8 Å². The Balaban J connectivity index is 1.44. The van der Waals surface area contributed by atoms with Crippen molar-refractivity contribution in [3.8, 4) is 0 Å². The Hall–Kier alpha value is -1.56. The molecule has 0 amide bonds. The number of hydrogen-bond donors (Lipinski definition) is 5. The van der Waals surface area contributed by atoms with Gasteiger partial charge in [0.2, 0.25) is 6.29 Å². The molecule has 10 nitrogen and oxygen atoms in total. The molecule has 0 aromatic heterocycles. The van der Waals surface area contributed by atoms with Crippen molar-refractivity contribution in [3.63, 3.8) is 0 Å². The summed E-state index contributed by atoms with van der Waals surface area (Å²) in [5, 5.41) is 51.7. The molecule has 38 heavy (non-hydrogen) atoms. The number of esters is 2. The van der Waals surface area contributed by atoms with Gasteiger partial charge in [-0.1, -0.05) is 19.9 Å². The molecular formula is C28H42O10. The molecule has 13 atom stereocenters. The molecule has 4 saturated carbocycles. The summed E-state index contributed by atoms with van der Waals surface area (Å²) in [5.41, 5.74) is -0.969. The second kappa shape index (κ2) is 9.52. The van der Waals surface area contributed by atoms with Crippen LogP contribution in [0.1, 0.15) is 65.7 Å². The average Bonchev–Trinajstić information content (AvgIpc) is 3.04. The Morgan fingerprint density at radius 2 is 1.76 bits per heavy atom. The molecule has 0 aromatic carbocycles. The van der Waals surface area contributed by atoms with E-state index in [2.05, 4.69) is 13.5 Å². The van der Waals surface area contributed by atoms with E-state index < -0.39 is 71.7 Å². The number of carbonyl (C=O) groups is 2. The highest BCUT2D eigenvalue weighted by Gasteiger charge is 2.71. The highest BCUT2D eigenvalue weighted by Crippen LogP contribution is 2.72. The fraction of sp³-hybridized carbons (Fsp3) is 0.857. The van der Waals surface area contributed by atoms with Crippen molar-refractivity contribution in [1.82, 2.24) is 0 Å². The van der Waals surface area contributed by atoms with Gasteiger partial charge in [0, 0.05) is 18.3 Å².